The van der Waals surface area contributed by atoms with E-state index in [0.717, 1.165) is 155 Å². The van der Waals surface area contributed by atoms with Crippen molar-refractivity contribution in [3.05, 3.63) is 534 Å². The van der Waals surface area contributed by atoms with Crippen LogP contribution in [-0.4, -0.2) is 29.9 Å². The summed E-state index contributed by atoms with van der Waals surface area (Å²) in [5, 5.41) is 28.7. The van der Waals surface area contributed by atoms with Gasteiger partial charge in [0.15, 0.2) is 0 Å². The lowest BCUT2D eigenvalue weighted by Gasteiger charge is -2.17. The maximum Gasteiger partial charge on any atom is 0.0794 e. The fraction of sp³-hybridized carbons (Fsp3) is 0. The Labute approximate surface area is 843 Å². The molecule has 146 heavy (non-hydrogen) atoms. The van der Waals surface area contributed by atoms with Gasteiger partial charge in [-0.2, -0.15) is 0 Å². The highest BCUT2D eigenvalue weighted by Crippen LogP contribution is 2.48. The van der Waals surface area contributed by atoms with Crippen LogP contribution in [0.1, 0.15) is 0 Å². The molecule has 0 saturated heterocycles. The zero-order valence-electron chi connectivity index (χ0n) is 79.5. The van der Waals surface area contributed by atoms with Gasteiger partial charge in [-0.3, -0.25) is 9.97 Å². The highest BCUT2D eigenvalue weighted by atomic mass is 14.7. The Hall–Kier alpha value is -19.4. The smallest absolute Gasteiger partial charge is 0.0794 e. The highest BCUT2D eigenvalue weighted by Gasteiger charge is 2.24. The van der Waals surface area contributed by atoms with Crippen LogP contribution in [0.4, 0.5) is 0 Å². The molecule has 0 fully saturated rings. The van der Waals surface area contributed by atoms with E-state index in [-0.39, 0.29) is 0 Å². The molecule has 6 aromatic heterocycles. The minimum absolute atomic E-state index is 0.957. The maximum atomic E-state index is 5.47. The fourth-order valence-corrected chi connectivity index (χ4v) is 21.8. The Kier molecular flexibility index (Phi) is 21.5. The standard InChI is InChI=1S/C52H32N2.2C44H28N2/c1-3-13-37-29-39(27-21-33(37)11-1)46-31-48-47(35-23-25-36(26-24-35)51-44-18-7-5-15-41(44)43-17-9-10-20-49(43)53-51)32-50(54-52(48)45-19-8-6-16-42(45)46)40-28-22-34-12-2-4-14-38(34)30-40;1-3-11-33-25-35(22-16-29(33)9-1)39-27-41-40(31-18-20-32(21-19-31)42-15-7-8-24-45-42)28-43(46-44(41)38-14-6-5-13-37(38)39)36-23-17-30-10-2-4-12-34(30)26-36;1-3-10-33-24-35(21-17-29(33)8-1)40-26-42-41(32-19-15-31(16-20-32)37-12-7-23-45-28-37)27-43(46-44(42)39-14-6-5-13-38(39)40)36-22-18-30-9-2-4-11-34(30)25-36/h1-32H;2*1-28H. The molecule has 0 bridgehead atoms. The summed E-state index contributed by atoms with van der Waals surface area (Å²) in [6.45, 7) is 0. The van der Waals surface area contributed by atoms with E-state index in [9.17, 15) is 0 Å². The van der Waals surface area contributed by atoms with Crippen LogP contribution in [0.2, 0.25) is 0 Å². The molecule has 29 aromatic rings. The molecule has 678 valence electrons. The van der Waals surface area contributed by atoms with E-state index >= 15 is 0 Å². The molecule has 6 nitrogen and oxygen atoms in total. The molecule has 0 amide bonds. The average molecular weight is 1850 g/mol. The minimum atomic E-state index is 0.957. The zero-order valence-corrected chi connectivity index (χ0v) is 79.5. The molecular formula is C140H88N6. The van der Waals surface area contributed by atoms with Crippen molar-refractivity contribution in [2.24, 2.45) is 0 Å². The molecule has 0 saturated carbocycles. The second-order valence-corrected chi connectivity index (χ2v) is 37.8. The van der Waals surface area contributed by atoms with Crippen molar-refractivity contribution in [1.82, 2.24) is 29.9 Å². The molecule has 0 unspecified atom stereocenters. The Morgan fingerprint density at radius 2 is 0.411 bits per heavy atom. The number of fused-ring (bicyclic) bond motifs is 18. The third-order valence-electron chi connectivity index (χ3n) is 29.2. The van der Waals surface area contributed by atoms with E-state index < -0.39 is 0 Å². The van der Waals surface area contributed by atoms with Crippen LogP contribution in [-0.2, 0) is 0 Å². The normalized spacial score (nSPS) is 11.6. The van der Waals surface area contributed by atoms with Crippen LogP contribution in [0.15, 0.2) is 534 Å². The van der Waals surface area contributed by atoms with E-state index in [2.05, 4.69) is 507 Å². The van der Waals surface area contributed by atoms with Crippen LogP contribution in [0, 0.1) is 0 Å². The largest absolute Gasteiger partial charge is 0.264 e. The number of pyridine rings is 6. The Morgan fingerprint density at radius 1 is 0.130 bits per heavy atom. The molecule has 0 N–H and O–H groups in total. The molecule has 23 aromatic carbocycles. The predicted molar refractivity (Wildman–Crippen MR) is 616 cm³/mol. The van der Waals surface area contributed by atoms with Gasteiger partial charge in [-0.15, -0.1) is 0 Å². The number of para-hydroxylation sites is 1. The monoisotopic (exact) mass is 1850 g/mol. The summed E-state index contributed by atoms with van der Waals surface area (Å²) in [6, 6.07) is 185. The lowest BCUT2D eigenvalue weighted by Crippen LogP contribution is -1.94. The van der Waals surface area contributed by atoms with Crippen molar-refractivity contribution in [2.75, 3.05) is 0 Å². The van der Waals surface area contributed by atoms with Gasteiger partial charge < -0.3 is 0 Å². The second-order valence-electron chi connectivity index (χ2n) is 37.8. The summed E-state index contributed by atoms with van der Waals surface area (Å²) in [5.41, 5.74) is 30.8. The Morgan fingerprint density at radius 3 is 0.767 bits per heavy atom. The van der Waals surface area contributed by atoms with Gasteiger partial charge >= 0.3 is 0 Å². The molecule has 6 heterocycles. The van der Waals surface area contributed by atoms with E-state index in [4.69, 9.17) is 19.9 Å². The Balaban J connectivity index is 0.000000109. The number of benzene rings is 23. The summed E-state index contributed by atoms with van der Waals surface area (Å²) >= 11 is 0. The van der Waals surface area contributed by atoms with Crippen LogP contribution in [0.25, 0.3) is 286 Å². The zero-order chi connectivity index (χ0) is 96.5. The number of hydrogen-bond donors (Lipinski definition) is 0. The van der Waals surface area contributed by atoms with Gasteiger partial charge in [0.2, 0.25) is 0 Å². The van der Waals surface area contributed by atoms with Crippen LogP contribution < -0.4 is 0 Å². The van der Waals surface area contributed by atoms with E-state index in [1.54, 1.807) is 0 Å². The average Bonchev–Trinajstić information content (AvgIpc) is 0.729. The predicted octanol–water partition coefficient (Wildman–Crippen LogP) is 37.6. The van der Waals surface area contributed by atoms with Gasteiger partial charge in [0.1, 0.15) is 0 Å². The number of hydrogen-bond acceptors (Lipinski definition) is 6. The number of nitrogens with zero attached hydrogens (tertiary/aromatic N) is 6. The molecule has 0 aliphatic carbocycles. The molecule has 0 aliphatic heterocycles. The molecule has 29 rings (SSSR count). The van der Waals surface area contributed by atoms with Gasteiger partial charge in [-0.05, 0) is 261 Å². The molecule has 0 spiro atoms. The molecule has 0 atom stereocenters. The highest BCUT2D eigenvalue weighted by molar-refractivity contribution is 6.21. The lowest BCUT2D eigenvalue weighted by atomic mass is 9.90. The minimum Gasteiger partial charge on any atom is -0.264 e. The first-order chi connectivity index (χ1) is 72.3. The van der Waals surface area contributed by atoms with Crippen molar-refractivity contribution in [2.45, 2.75) is 0 Å². The van der Waals surface area contributed by atoms with E-state index in [1.165, 1.54) is 131 Å². The van der Waals surface area contributed by atoms with Crippen LogP contribution in [0.3, 0.4) is 0 Å². The molecule has 0 aliphatic rings. The van der Waals surface area contributed by atoms with Crippen molar-refractivity contribution in [1.29, 1.82) is 0 Å². The van der Waals surface area contributed by atoms with Gasteiger partial charge in [0.05, 0.1) is 50.5 Å². The second kappa shape index (κ2) is 36.7. The molecule has 0 radical (unpaired) electrons. The summed E-state index contributed by atoms with van der Waals surface area (Å²) in [6.07, 6.45) is 5.57. The molecular weight excluding hydrogens is 1770 g/mol. The summed E-state index contributed by atoms with van der Waals surface area (Å²) in [4.78, 5) is 30.4. The van der Waals surface area contributed by atoms with Crippen LogP contribution in [0.5, 0.6) is 0 Å². The lowest BCUT2D eigenvalue weighted by molar-refractivity contribution is 1.33. The molecule has 6 heteroatoms. The number of aromatic nitrogens is 6. The third-order valence-corrected chi connectivity index (χ3v) is 29.2. The third kappa shape index (κ3) is 15.9. The first-order valence-corrected chi connectivity index (χ1v) is 49.8. The summed E-state index contributed by atoms with van der Waals surface area (Å²) < 4.78 is 0. The first kappa shape index (κ1) is 85.8. The maximum absolute atomic E-state index is 5.47. The van der Waals surface area contributed by atoms with Crippen molar-refractivity contribution < 1.29 is 0 Å². The number of rotatable bonds is 12. The van der Waals surface area contributed by atoms with Crippen molar-refractivity contribution >= 4 is 151 Å². The fourth-order valence-electron chi connectivity index (χ4n) is 21.8. The van der Waals surface area contributed by atoms with Crippen molar-refractivity contribution in [3.8, 4) is 134 Å². The van der Waals surface area contributed by atoms with Gasteiger partial charge in [-0.1, -0.05) is 419 Å². The van der Waals surface area contributed by atoms with E-state index in [0.29, 0.717) is 0 Å². The summed E-state index contributed by atoms with van der Waals surface area (Å²) in [7, 11) is 0. The SMILES string of the molecule is c1ccc(-c2ccc(-c3cc(-c4ccc5ccccc5c4)nc4c3cc(-c3ccc5ccccc5c3)c3ccccc34)cc2)nc1.c1ccc2cc(-c3cc(-c4ccc(-c5nc6ccccc6c6ccccc56)cc4)c4cc(-c5ccc6ccccc6c5)c5ccccc5c4n3)ccc2c1.c1cncc(-c2ccc(-c3cc(-c4ccc5ccccc5c4)nc4c3cc(-c3ccc5ccccc5c3)c3ccccc34)cc2)c1. The van der Waals surface area contributed by atoms with Crippen LogP contribution >= 0.6 is 0 Å². The van der Waals surface area contributed by atoms with Crippen molar-refractivity contribution in [3.63, 3.8) is 0 Å². The van der Waals surface area contributed by atoms with Gasteiger partial charge in [0, 0.05) is 89.5 Å². The quantitative estimate of drug-likeness (QED) is 0.113. The topological polar surface area (TPSA) is 77.3 Å². The van der Waals surface area contributed by atoms with Gasteiger partial charge in [0.25, 0.3) is 0 Å². The van der Waals surface area contributed by atoms with Gasteiger partial charge in [-0.25, -0.2) is 19.9 Å². The Bertz CT molecular complexity index is 9890. The van der Waals surface area contributed by atoms with E-state index in [1.807, 2.05) is 36.8 Å². The summed E-state index contributed by atoms with van der Waals surface area (Å²) in [5.74, 6) is 0. The first-order valence-electron chi connectivity index (χ1n) is 49.8.